The Balaban J connectivity index is 1.75. The van der Waals surface area contributed by atoms with Crippen molar-refractivity contribution in [3.63, 3.8) is 0 Å². The van der Waals surface area contributed by atoms with Crippen molar-refractivity contribution < 1.29 is 4.79 Å². The number of anilines is 2. The first kappa shape index (κ1) is 17.5. The minimum Gasteiger partial charge on any atom is -0.366 e. The summed E-state index contributed by atoms with van der Waals surface area (Å²) in [5.41, 5.74) is 3.31. The molecule has 0 bridgehead atoms. The van der Waals surface area contributed by atoms with Gasteiger partial charge in [-0.3, -0.25) is 9.78 Å². The second-order valence-corrected chi connectivity index (χ2v) is 5.86. The third kappa shape index (κ3) is 4.42. The van der Waals surface area contributed by atoms with E-state index in [2.05, 4.69) is 32.5 Å². The zero-order valence-corrected chi connectivity index (χ0v) is 14.9. The van der Waals surface area contributed by atoms with Crippen LogP contribution in [0.15, 0.2) is 54.9 Å². The molecule has 0 saturated heterocycles. The molecular formula is C20H21N5O. The zero-order valence-electron chi connectivity index (χ0n) is 14.9. The van der Waals surface area contributed by atoms with Crippen LogP contribution in [0.2, 0.25) is 0 Å². The monoisotopic (exact) mass is 347 g/mol. The lowest BCUT2D eigenvalue weighted by molar-refractivity contribution is 0.102. The number of para-hydroxylation sites is 1. The van der Waals surface area contributed by atoms with E-state index >= 15 is 0 Å². The molecule has 0 spiro atoms. The fourth-order valence-electron chi connectivity index (χ4n) is 2.60. The summed E-state index contributed by atoms with van der Waals surface area (Å²) < 4.78 is 0. The zero-order chi connectivity index (χ0) is 18.4. The molecular weight excluding hydrogens is 326 g/mol. The highest BCUT2D eigenvalue weighted by Gasteiger charge is 2.12. The fourth-order valence-corrected chi connectivity index (χ4v) is 2.60. The fraction of sp³-hybridized carbons (Fsp3) is 0.200. The Labute approximate surface area is 152 Å². The van der Waals surface area contributed by atoms with E-state index in [1.165, 1.54) is 0 Å². The van der Waals surface area contributed by atoms with Crippen LogP contribution in [0.3, 0.4) is 0 Å². The van der Waals surface area contributed by atoms with Crippen molar-refractivity contribution in [2.75, 3.05) is 10.6 Å². The van der Waals surface area contributed by atoms with E-state index in [0.29, 0.717) is 23.9 Å². The quantitative estimate of drug-likeness (QED) is 0.712. The molecule has 2 heterocycles. The lowest BCUT2D eigenvalue weighted by Gasteiger charge is -2.11. The number of aromatic nitrogens is 3. The SMILES string of the molecule is CCc1ccccc1NC(=O)c1cc(NCc2ccncc2)nc(C)n1. The van der Waals surface area contributed by atoms with Crippen LogP contribution in [0.1, 0.15) is 34.4 Å². The predicted molar refractivity (Wildman–Crippen MR) is 102 cm³/mol. The first-order chi connectivity index (χ1) is 12.7. The van der Waals surface area contributed by atoms with Crippen LogP contribution in [0.5, 0.6) is 0 Å². The second kappa shape index (κ2) is 8.20. The summed E-state index contributed by atoms with van der Waals surface area (Å²) in [5, 5.41) is 6.17. The van der Waals surface area contributed by atoms with Crippen LogP contribution in [0.4, 0.5) is 11.5 Å². The van der Waals surface area contributed by atoms with Gasteiger partial charge in [0.05, 0.1) is 0 Å². The van der Waals surface area contributed by atoms with Crippen molar-refractivity contribution >= 4 is 17.4 Å². The molecule has 0 aliphatic heterocycles. The summed E-state index contributed by atoms with van der Waals surface area (Å²) in [7, 11) is 0. The Morgan fingerprint density at radius 1 is 1.08 bits per heavy atom. The van der Waals surface area contributed by atoms with Gasteiger partial charge in [0.15, 0.2) is 0 Å². The molecule has 0 aliphatic rings. The van der Waals surface area contributed by atoms with E-state index in [1.807, 2.05) is 36.4 Å². The number of hydrogen-bond acceptors (Lipinski definition) is 5. The molecule has 3 aromatic rings. The Morgan fingerprint density at radius 3 is 2.62 bits per heavy atom. The Bertz CT molecular complexity index is 896. The van der Waals surface area contributed by atoms with Gasteiger partial charge in [-0.25, -0.2) is 9.97 Å². The third-order valence-electron chi connectivity index (χ3n) is 3.94. The van der Waals surface area contributed by atoms with Gasteiger partial charge in [-0.05, 0) is 42.7 Å². The maximum atomic E-state index is 12.6. The summed E-state index contributed by atoms with van der Waals surface area (Å²) in [6.45, 7) is 4.42. The average molecular weight is 347 g/mol. The van der Waals surface area contributed by atoms with E-state index in [4.69, 9.17) is 0 Å². The highest BCUT2D eigenvalue weighted by molar-refractivity contribution is 6.03. The third-order valence-corrected chi connectivity index (χ3v) is 3.94. The molecule has 6 nitrogen and oxygen atoms in total. The summed E-state index contributed by atoms with van der Waals surface area (Å²) >= 11 is 0. The summed E-state index contributed by atoms with van der Waals surface area (Å²) in [6.07, 6.45) is 4.33. The Hall–Kier alpha value is -3.28. The molecule has 2 N–H and O–H groups in total. The first-order valence-electron chi connectivity index (χ1n) is 8.53. The van der Waals surface area contributed by atoms with Crippen molar-refractivity contribution in [1.29, 1.82) is 0 Å². The number of carbonyl (C=O) groups excluding carboxylic acids is 1. The van der Waals surface area contributed by atoms with Gasteiger partial charge in [-0.1, -0.05) is 25.1 Å². The Kier molecular flexibility index (Phi) is 5.53. The number of rotatable bonds is 6. The van der Waals surface area contributed by atoms with Gasteiger partial charge in [-0.15, -0.1) is 0 Å². The Morgan fingerprint density at radius 2 is 1.85 bits per heavy atom. The maximum absolute atomic E-state index is 12.6. The largest absolute Gasteiger partial charge is 0.366 e. The minimum absolute atomic E-state index is 0.247. The topological polar surface area (TPSA) is 79.8 Å². The van der Waals surface area contributed by atoms with E-state index in [1.54, 1.807) is 25.4 Å². The molecule has 1 aromatic carbocycles. The van der Waals surface area contributed by atoms with Gasteiger partial charge in [0.25, 0.3) is 5.91 Å². The number of hydrogen-bond donors (Lipinski definition) is 2. The van der Waals surface area contributed by atoms with E-state index in [0.717, 1.165) is 23.2 Å². The lowest BCUT2D eigenvalue weighted by atomic mass is 10.1. The van der Waals surface area contributed by atoms with Crippen LogP contribution in [-0.2, 0) is 13.0 Å². The number of nitrogens with one attached hydrogen (secondary N) is 2. The van der Waals surface area contributed by atoms with Crippen molar-refractivity contribution in [3.05, 3.63) is 77.5 Å². The summed E-state index contributed by atoms with van der Waals surface area (Å²) in [5.74, 6) is 0.908. The van der Waals surface area contributed by atoms with Gasteiger partial charge < -0.3 is 10.6 Å². The molecule has 0 saturated carbocycles. The van der Waals surface area contributed by atoms with Gasteiger partial charge >= 0.3 is 0 Å². The van der Waals surface area contributed by atoms with Crippen LogP contribution in [0.25, 0.3) is 0 Å². The molecule has 132 valence electrons. The van der Waals surface area contributed by atoms with Crippen molar-refractivity contribution in [1.82, 2.24) is 15.0 Å². The highest BCUT2D eigenvalue weighted by Crippen LogP contribution is 2.17. The highest BCUT2D eigenvalue weighted by atomic mass is 16.1. The number of nitrogens with zero attached hydrogens (tertiary/aromatic N) is 3. The molecule has 0 aliphatic carbocycles. The molecule has 1 amide bonds. The normalized spacial score (nSPS) is 10.4. The number of pyridine rings is 1. The molecule has 6 heteroatoms. The minimum atomic E-state index is -0.247. The number of aryl methyl sites for hydroxylation is 2. The number of amides is 1. The molecule has 26 heavy (non-hydrogen) atoms. The van der Waals surface area contributed by atoms with Gasteiger partial charge in [0, 0.05) is 30.7 Å². The van der Waals surface area contributed by atoms with Crippen LogP contribution < -0.4 is 10.6 Å². The van der Waals surface area contributed by atoms with Crippen LogP contribution in [-0.4, -0.2) is 20.9 Å². The van der Waals surface area contributed by atoms with Crippen molar-refractivity contribution in [2.45, 2.75) is 26.8 Å². The second-order valence-electron chi connectivity index (χ2n) is 5.86. The average Bonchev–Trinajstić information content (AvgIpc) is 2.67. The van der Waals surface area contributed by atoms with Crippen molar-refractivity contribution in [3.8, 4) is 0 Å². The number of carbonyl (C=O) groups is 1. The number of benzene rings is 1. The molecule has 2 aromatic heterocycles. The lowest BCUT2D eigenvalue weighted by Crippen LogP contribution is -2.16. The maximum Gasteiger partial charge on any atom is 0.274 e. The standard InChI is InChI=1S/C20H21N5O/c1-3-16-6-4-5-7-17(16)25-20(26)18-12-19(24-14(2)23-18)22-13-15-8-10-21-11-9-15/h4-12H,3,13H2,1-2H3,(H,25,26)(H,22,23,24). The van der Waals surface area contributed by atoms with Gasteiger partial charge in [-0.2, -0.15) is 0 Å². The van der Waals surface area contributed by atoms with E-state index in [9.17, 15) is 4.79 Å². The first-order valence-corrected chi connectivity index (χ1v) is 8.53. The molecule has 3 rings (SSSR count). The summed E-state index contributed by atoms with van der Waals surface area (Å²) in [4.78, 5) is 25.2. The van der Waals surface area contributed by atoms with Crippen molar-refractivity contribution in [2.24, 2.45) is 0 Å². The molecule has 0 fully saturated rings. The van der Waals surface area contributed by atoms with E-state index < -0.39 is 0 Å². The van der Waals surface area contributed by atoms with Crippen LogP contribution >= 0.6 is 0 Å². The molecule has 0 unspecified atom stereocenters. The molecule has 0 atom stereocenters. The molecule has 0 radical (unpaired) electrons. The van der Waals surface area contributed by atoms with Crippen LogP contribution in [0, 0.1) is 6.92 Å². The summed E-state index contributed by atoms with van der Waals surface area (Å²) in [6, 6.07) is 13.3. The van der Waals surface area contributed by atoms with E-state index in [-0.39, 0.29) is 5.91 Å². The van der Waals surface area contributed by atoms with Gasteiger partial charge in [0.2, 0.25) is 0 Å². The predicted octanol–water partition coefficient (Wildman–Crippen LogP) is 3.61. The smallest absolute Gasteiger partial charge is 0.274 e. The van der Waals surface area contributed by atoms with Gasteiger partial charge in [0.1, 0.15) is 17.3 Å².